The maximum Gasteiger partial charge on any atom is 0.356 e. The van der Waals surface area contributed by atoms with Gasteiger partial charge in [-0.1, -0.05) is 0 Å². The molecule has 6 nitrogen and oxygen atoms in total. The predicted molar refractivity (Wildman–Crippen MR) is 77.4 cm³/mol. The molecule has 3 N–H and O–H groups in total. The molecule has 0 unspecified atom stereocenters. The van der Waals surface area contributed by atoms with Gasteiger partial charge in [-0.2, -0.15) is 0 Å². The zero-order valence-electron chi connectivity index (χ0n) is 10.9. The molecule has 0 saturated heterocycles. The standard InChI is InChI=1S/C13H14N4O2S/c1-19-12(18)9-5-4-8(14)11(15-9)17-13-16-10(6-20-13)7-2-3-7/h4-7H,2-3,14H2,1H3,(H,15,16,17). The van der Waals surface area contributed by atoms with E-state index in [2.05, 4.69) is 20.0 Å². The summed E-state index contributed by atoms with van der Waals surface area (Å²) in [5.74, 6) is 0.531. The largest absolute Gasteiger partial charge is 0.464 e. The summed E-state index contributed by atoms with van der Waals surface area (Å²) in [5, 5.41) is 5.83. The van der Waals surface area contributed by atoms with Crippen LogP contribution in [0.5, 0.6) is 0 Å². The van der Waals surface area contributed by atoms with Gasteiger partial charge in [0.15, 0.2) is 16.6 Å². The molecule has 104 valence electrons. The molecule has 1 aliphatic carbocycles. The Balaban J connectivity index is 1.82. The van der Waals surface area contributed by atoms with Gasteiger partial charge >= 0.3 is 5.97 Å². The second-order valence-electron chi connectivity index (χ2n) is 4.60. The lowest BCUT2D eigenvalue weighted by Gasteiger charge is -2.07. The summed E-state index contributed by atoms with van der Waals surface area (Å²) in [6.45, 7) is 0. The topological polar surface area (TPSA) is 90.1 Å². The molecule has 2 heterocycles. The van der Waals surface area contributed by atoms with Crippen molar-refractivity contribution >= 4 is 33.9 Å². The van der Waals surface area contributed by atoms with Gasteiger partial charge in [-0.15, -0.1) is 11.3 Å². The van der Waals surface area contributed by atoms with Gasteiger partial charge in [-0.3, -0.25) is 0 Å². The van der Waals surface area contributed by atoms with Crippen LogP contribution in [-0.4, -0.2) is 23.0 Å². The molecule has 2 aromatic heterocycles. The number of rotatable bonds is 4. The molecule has 0 amide bonds. The van der Waals surface area contributed by atoms with Crippen molar-refractivity contribution in [2.45, 2.75) is 18.8 Å². The number of carbonyl (C=O) groups is 1. The molecule has 0 atom stereocenters. The summed E-state index contributed by atoms with van der Waals surface area (Å²) in [4.78, 5) is 20.1. The molecule has 2 aromatic rings. The van der Waals surface area contributed by atoms with Gasteiger partial charge in [0, 0.05) is 11.3 Å². The molecule has 1 fully saturated rings. The van der Waals surface area contributed by atoms with Crippen molar-refractivity contribution in [3.8, 4) is 0 Å². The van der Waals surface area contributed by atoms with Crippen LogP contribution in [0.15, 0.2) is 17.5 Å². The van der Waals surface area contributed by atoms with Crippen molar-refractivity contribution in [1.29, 1.82) is 0 Å². The average molecular weight is 290 g/mol. The third-order valence-electron chi connectivity index (χ3n) is 3.06. The van der Waals surface area contributed by atoms with E-state index < -0.39 is 5.97 Å². The number of ether oxygens (including phenoxy) is 1. The van der Waals surface area contributed by atoms with Gasteiger partial charge < -0.3 is 15.8 Å². The van der Waals surface area contributed by atoms with Crippen molar-refractivity contribution in [2.75, 3.05) is 18.2 Å². The number of hydrogen-bond donors (Lipinski definition) is 2. The molecule has 3 rings (SSSR count). The van der Waals surface area contributed by atoms with E-state index in [0.29, 0.717) is 17.4 Å². The first-order valence-electron chi connectivity index (χ1n) is 6.24. The number of hydrogen-bond acceptors (Lipinski definition) is 7. The zero-order valence-corrected chi connectivity index (χ0v) is 11.7. The van der Waals surface area contributed by atoms with Crippen LogP contribution >= 0.6 is 11.3 Å². The van der Waals surface area contributed by atoms with E-state index in [1.165, 1.54) is 37.4 Å². The number of pyridine rings is 1. The van der Waals surface area contributed by atoms with Crippen molar-refractivity contribution in [1.82, 2.24) is 9.97 Å². The first-order chi connectivity index (χ1) is 9.67. The Morgan fingerprint density at radius 1 is 1.45 bits per heavy atom. The van der Waals surface area contributed by atoms with Crippen molar-refractivity contribution in [3.05, 3.63) is 28.9 Å². The lowest BCUT2D eigenvalue weighted by atomic mass is 10.3. The molecule has 0 spiro atoms. The summed E-state index contributed by atoms with van der Waals surface area (Å²) >= 11 is 1.51. The average Bonchev–Trinajstić information content (AvgIpc) is 3.21. The lowest BCUT2D eigenvalue weighted by Crippen LogP contribution is -2.07. The predicted octanol–water partition coefficient (Wildman–Crippen LogP) is 2.53. The highest BCUT2D eigenvalue weighted by Crippen LogP contribution is 2.41. The first-order valence-corrected chi connectivity index (χ1v) is 7.12. The van der Waals surface area contributed by atoms with Crippen LogP contribution in [0.2, 0.25) is 0 Å². The number of nitrogens with zero attached hydrogens (tertiary/aromatic N) is 2. The van der Waals surface area contributed by atoms with Crippen molar-refractivity contribution in [2.24, 2.45) is 0 Å². The number of methoxy groups -OCH3 is 1. The highest BCUT2D eigenvalue weighted by atomic mass is 32.1. The Morgan fingerprint density at radius 3 is 2.95 bits per heavy atom. The van der Waals surface area contributed by atoms with Crippen molar-refractivity contribution < 1.29 is 9.53 Å². The van der Waals surface area contributed by atoms with E-state index in [9.17, 15) is 4.79 Å². The number of nitrogens with one attached hydrogen (secondary N) is 1. The fourth-order valence-electron chi connectivity index (χ4n) is 1.80. The van der Waals surface area contributed by atoms with Crippen LogP contribution in [0.1, 0.15) is 34.9 Å². The van der Waals surface area contributed by atoms with Crippen LogP contribution in [0.25, 0.3) is 0 Å². The Bertz CT molecular complexity index is 652. The second kappa shape index (κ2) is 5.09. The van der Waals surface area contributed by atoms with E-state index in [0.717, 1.165) is 10.8 Å². The van der Waals surface area contributed by atoms with Gasteiger partial charge in [-0.05, 0) is 25.0 Å². The molecule has 20 heavy (non-hydrogen) atoms. The Kier molecular flexibility index (Phi) is 3.27. The van der Waals surface area contributed by atoms with Crippen LogP contribution in [0.3, 0.4) is 0 Å². The Morgan fingerprint density at radius 2 is 2.25 bits per heavy atom. The number of nitrogens with two attached hydrogens (primary N) is 1. The molecule has 7 heteroatoms. The fourth-order valence-corrected chi connectivity index (χ4v) is 2.59. The summed E-state index contributed by atoms with van der Waals surface area (Å²) in [6, 6.07) is 3.15. The molecule has 1 saturated carbocycles. The molecule has 1 aliphatic rings. The minimum Gasteiger partial charge on any atom is -0.464 e. The third-order valence-corrected chi connectivity index (χ3v) is 3.84. The molecule has 0 aliphatic heterocycles. The molecular formula is C13H14N4O2S. The lowest BCUT2D eigenvalue weighted by molar-refractivity contribution is 0.0594. The fraction of sp³-hybridized carbons (Fsp3) is 0.308. The van der Waals surface area contributed by atoms with Gasteiger partial charge in [0.1, 0.15) is 0 Å². The summed E-state index contributed by atoms with van der Waals surface area (Å²) < 4.78 is 4.64. The Hall–Kier alpha value is -2.15. The van der Waals surface area contributed by atoms with Gasteiger partial charge in [0.25, 0.3) is 0 Å². The first kappa shape index (κ1) is 12.9. The highest BCUT2D eigenvalue weighted by Gasteiger charge is 2.26. The number of thiazole rings is 1. The van der Waals surface area contributed by atoms with Crippen LogP contribution in [0, 0.1) is 0 Å². The molecule has 0 radical (unpaired) electrons. The van der Waals surface area contributed by atoms with E-state index in [4.69, 9.17) is 5.73 Å². The van der Waals surface area contributed by atoms with E-state index >= 15 is 0 Å². The number of esters is 1. The normalized spacial score (nSPS) is 14.1. The van der Waals surface area contributed by atoms with E-state index in [-0.39, 0.29) is 5.69 Å². The SMILES string of the molecule is COC(=O)c1ccc(N)c(Nc2nc(C3CC3)cs2)n1. The number of nitrogen functional groups attached to an aromatic ring is 1. The number of anilines is 3. The van der Waals surface area contributed by atoms with E-state index in [1.807, 2.05) is 5.38 Å². The maximum absolute atomic E-state index is 11.5. The van der Waals surface area contributed by atoms with Gasteiger partial charge in [0.2, 0.25) is 0 Å². The van der Waals surface area contributed by atoms with Crippen LogP contribution < -0.4 is 11.1 Å². The summed E-state index contributed by atoms with van der Waals surface area (Å²) in [7, 11) is 1.32. The number of aromatic nitrogens is 2. The molecule has 0 bridgehead atoms. The second-order valence-corrected chi connectivity index (χ2v) is 5.46. The van der Waals surface area contributed by atoms with Gasteiger partial charge in [-0.25, -0.2) is 14.8 Å². The molecular weight excluding hydrogens is 276 g/mol. The number of carbonyl (C=O) groups excluding carboxylic acids is 1. The van der Waals surface area contributed by atoms with Crippen LogP contribution in [0.4, 0.5) is 16.6 Å². The maximum atomic E-state index is 11.5. The minimum absolute atomic E-state index is 0.211. The molecule has 0 aromatic carbocycles. The monoisotopic (exact) mass is 290 g/mol. The Labute approximate surface area is 120 Å². The summed E-state index contributed by atoms with van der Waals surface area (Å²) in [5.41, 5.74) is 7.64. The zero-order chi connectivity index (χ0) is 14.1. The summed E-state index contributed by atoms with van der Waals surface area (Å²) in [6.07, 6.45) is 2.42. The quantitative estimate of drug-likeness (QED) is 0.841. The minimum atomic E-state index is -0.495. The van der Waals surface area contributed by atoms with E-state index in [1.54, 1.807) is 6.07 Å². The van der Waals surface area contributed by atoms with Gasteiger partial charge in [0.05, 0.1) is 18.5 Å². The van der Waals surface area contributed by atoms with Crippen LogP contribution in [-0.2, 0) is 4.74 Å². The smallest absolute Gasteiger partial charge is 0.356 e. The third kappa shape index (κ3) is 2.57. The van der Waals surface area contributed by atoms with Crippen molar-refractivity contribution in [3.63, 3.8) is 0 Å². The highest BCUT2D eigenvalue weighted by molar-refractivity contribution is 7.13.